The van der Waals surface area contributed by atoms with Crippen LogP contribution in [-0.4, -0.2) is 40.8 Å². The van der Waals surface area contributed by atoms with Crippen molar-refractivity contribution in [3.8, 4) is 22.9 Å². The number of tetrazole rings is 1. The normalized spacial score (nSPS) is 10.2. The molecule has 1 aromatic heterocycles. The lowest BCUT2D eigenvalue weighted by Crippen LogP contribution is -2.11. The van der Waals surface area contributed by atoms with Crippen LogP contribution in [0.1, 0.15) is 10.4 Å². The van der Waals surface area contributed by atoms with E-state index >= 15 is 0 Å². The van der Waals surface area contributed by atoms with Gasteiger partial charge >= 0.3 is 0 Å². The zero-order valence-corrected chi connectivity index (χ0v) is 13.1. The van der Waals surface area contributed by atoms with Crippen LogP contribution in [0.15, 0.2) is 42.5 Å². The lowest BCUT2D eigenvalue weighted by molar-refractivity contribution is 0.102. The molecule has 0 fully saturated rings. The van der Waals surface area contributed by atoms with E-state index in [2.05, 4.69) is 25.9 Å². The molecule has 8 nitrogen and oxygen atoms in total. The summed E-state index contributed by atoms with van der Waals surface area (Å²) in [4.78, 5) is 12.3. The Hall–Kier alpha value is -3.42. The second-order valence-corrected chi connectivity index (χ2v) is 4.84. The lowest BCUT2D eigenvalue weighted by Gasteiger charge is -2.10. The standard InChI is InChI=1S/C16H15N5O3/c1-23-13-8-7-12(9-14(13)24-2)17-16(22)11-5-3-10(4-6-11)15-18-20-21-19-15/h3-9H,1-2H3,(H,17,22)(H,18,19,20,21). The number of nitrogens with one attached hydrogen (secondary N) is 2. The number of hydrogen-bond donors (Lipinski definition) is 2. The number of benzene rings is 2. The number of anilines is 1. The molecular formula is C16H15N5O3. The van der Waals surface area contributed by atoms with Gasteiger partial charge in [-0.05, 0) is 29.5 Å². The van der Waals surface area contributed by atoms with Gasteiger partial charge in [0.25, 0.3) is 5.91 Å². The fourth-order valence-electron chi connectivity index (χ4n) is 2.17. The summed E-state index contributed by atoms with van der Waals surface area (Å²) in [6, 6.07) is 12.1. The SMILES string of the molecule is COc1ccc(NC(=O)c2ccc(-c3nn[nH]n3)cc2)cc1OC. The van der Waals surface area contributed by atoms with Crippen molar-refractivity contribution >= 4 is 11.6 Å². The van der Waals surface area contributed by atoms with Crippen molar-refractivity contribution in [1.82, 2.24) is 20.6 Å². The molecule has 0 saturated carbocycles. The van der Waals surface area contributed by atoms with E-state index in [9.17, 15) is 4.79 Å². The van der Waals surface area contributed by atoms with E-state index in [1.807, 2.05) is 0 Å². The van der Waals surface area contributed by atoms with Crippen LogP contribution < -0.4 is 14.8 Å². The Morgan fingerprint density at radius 1 is 1.04 bits per heavy atom. The van der Waals surface area contributed by atoms with Crippen molar-refractivity contribution in [2.45, 2.75) is 0 Å². The molecule has 0 bridgehead atoms. The van der Waals surface area contributed by atoms with E-state index in [0.29, 0.717) is 28.6 Å². The van der Waals surface area contributed by atoms with Crippen molar-refractivity contribution in [3.05, 3.63) is 48.0 Å². The third kappa shape index (κ3) is 3.17. The number of carbonyl (C=O) groups excluding carboxylic acids is 1. The molecule has 8 heteroatoms. The summed E-state index contributed by atoms with van der Waals surface area (Å²) in [7, 11) is 3.10. The zero-order chi connectivity index (χ0) is 16.9. The van der Waals surface area contributed by atoms with Crippen molar-refractivity contribution in [3.63, 3.8) is 0 Å². The number of hydrogen-bond acceptors (Lipinski definition) is 6. The Kier molecular flexibility index (Phi) is 4.37. The first-order valence-corrected chi connectivity index (χ1v) is 7.08. The Morgan fingerprint density at radius 3 is 2.42 bits per heavy atom. The summed E-state index contributed by atoms with van der Waals surface area (Å²) in [5.41, 5.74) is 1.89. The topological polar surface area (TPSA) is 102 Å². The molecule has 24 heavy (non-hydrogen) atoms. The third-order valence-corrected chi connectivity index (χ3v) is 3.39. The van der Waals surface area contributed by atoms with Gasteiger partial charge in [0.1, 0.15) is 0 Å². The maximum Gasteiger partial charge on any atom is 0.255 e. The van der Waals surface area contributed by atoms with E-state index < -0.39 is 0 Å². The maximum absolute atomic E-state index is 12.3. The number of aromatic amines is 1. The fraction of sp³-hybridized carbons (Fsp3) is 0.125. The van der Waals surface area contributed by atoms with Crippen molar-refractivity contribution in [2.24, 2.45) is 0 Å². The molecule has 2 aromatic carbocycles. The van der Waals surface area contributed by atoms with E-state index in [4.69, 9.17) is 9.47 Å². The largest absolute Gasteiger partial charge is 0.493 e. The van der Waals surface area contributed by atoms with Crippen molar-refractivity contribution in [1.29, 1.82) is 0 Å². The van der Waals surface area contributed by atoms with Gasteiger partial charge in [-0.15, -0.1) is 10.2 Å². The van der Waals surface area contributed by atoms with Gasteiger partial charge in [-0.2, -0.15) is 5.21 Å². The Morgan fingerprint density at radius 2 is 1.79 bits per heavy atom. The quantitative estimate of drug-likeness (QED) is 0.745. The number of aromatic nitrogens is 4. The van der Waals surface area contributed by atoms with Gasteiger partial charge in [-0.25, -0.2) is 0 Å². The minimum Gasteiger partial charge on any atom is -0.493 e. The van der Waals surface area contributed by atoms with E-state index in [0.717, 1.165) is 5.56 Å². The maximum atomic E-state index is 12.3. The van der Waals surface area contributed by atoms with Crippen LogP contribution in [0.2, 0.25) is 0 Å². The van der Waals surface area contributed by atoms with Gasteiger partial charge in [0.2, 0.25) is 5.82 Å². The summed E-state index contributed by atoms with van der Waals surface area (Å²) in [6.07, 6.45) is 0. The van der Waals surface area contributed by atoms with E-state index in [-0.39, 0.29) is 5.91 Å². The highest BCUT2D eigenvalue weighted by Crippen LogP contribution is 2.30. The van der Waals surface area contributed by atoms with Crippen LogP contribution in [0.5, 0.6) is 11.5 Å². The van der Waals surface area contributed by atoms with Crippen molar-refractivity contribution in [2.75, 3.05) is 19.5 Å². The smallest absolute Gasteiger partial charge is 0.255 e. The molecule has 1 amide bonds. The molecular weight excluding hydrogens is 310 g/mol. The first-order valence-electron chi connectivity index (χ1n) is 7.08. The molecule has 0 atom stereocenters. The minimum atomic E-state index is -0.234. The van der Waals surface area contributed by atoms with Gasteiger partial charge in [0, 0.05) is 22.9 Å². The van der Waals surface area contributed by atoms with E-state index in [1.54, 1.807) is 56.7 Å². The number of amides is 1. The number of methoxy groups -OCH3 is 2. The van der Waals surface area contributed by atoms with Gasteiger partial charge < -0.3 is 14.8 Å². The number of rotatable bonds is 5. The summed E-state index contributed by atoms with van der Waals surface area (Å²) in [5.74, 6) is 1.38. The van der Waals surface area contributed by atoms with Gasteiger partial charge in [-0.3, -0.25) is 4.79 Å². The summed E-state index contributed by atoms with van der Waals surface area (Å²) in [6.45, 7) is 0. The molecule has 0 radical (unpaired) electrons. The van der Waals surface area contributed by atoms with Gasteiger partial charge in [-0.1, -0.05) is 12.1 Å². The second kappa shape index (κ2) is 6.78. The van der Waals surface area contributed by atoms with Crippen LogP contribution in [0.3, 0.4) is 0 Å². The van der Waals surface area contributed by atoms with Crippen LogP contribution in [0, 0.1) is 0 Å². The lowest BCUT2D eigenvalue weighted by atomic mass is 10.1. The Bertz CT molecular complexity index is 831. The summed E-state index contributed by atoms with van der Waals surface area (Å²) >= 11 is 0. The number of nitrogens with zero attached hydrogens (tertiary/aromatic N) is 3. The Balaban J connectivity index is 1.75. The first kappa shape index (κ1) is 15.5. The summed E-state index contributed by atoms with van der Waals surface area (Å²) in [5, 5.41) is 16.5. The zero-order valence-electron chi connectivity index (χ0n) is 13.1. The van der Waals surface area contributed by atoms with Crippen LogP contribution >= 0.6 is 0 Å². The predicted molar refractivity (Wildman–Crippen MR) is 87.1 cm³/mol. The molecule has 3 rings (SSSR count). The monoisotopic (exact) mass is 325 g/mol. The molecule has 1 heterocycles. The molecule has 122 valence electrons. The molecule has 0 aliphatic rings. The van der Waals surface area contributed by atoms with Gasteiger partial charge in [0.05, 0.1) is 14.2 Å². The average Bonchev–Trinajstić information content (AvgIpc) is 3.16. The van der Waals surface area contributed by atoms with Crippen LogP contribution in [-0.2, 0) is 0 Å². The Labute approximate surface area is 137 Å². The molecule has 0 aliphatic carbocycles. The predicted octanol–water partition coefficient (Wildman–Crippen LogP) is 2.14. The fourth-order valence-corrected chi connectivity index (χ4v) is 2.17. The molecule has 0 spiro atoms. The third-order valence-electron chi connectivity index (χ3n) is 3.39. The average molecular weight is 325 g/mol. The molecule has 0 saturated heterocycles. The van der Waals surface area contributed by atoms with Gasteiger partial charge in [0.15, 0.2) is 11.5 Å². The highest BCUT2D eigenvalue weighted by molar-refractivity contribution is 6.04. The molecule has 3 aromatic rings. The molecule has 0 aliphatic heterocycles. The summed E-state index contributed by atoms with van der Waals surface area (Å²) < 4.78 is 10.4. The van der Waals surface area contributed by atoms with Crippen LogP contribution in [0.25, 0.3) is 11.4 Å². The minimum absolute atomic E-state index is 0.234. The highest BCUT2D eigenvalue weighted by atomic mass is 16.5. The number of carbonyl (C=O) groups is 1. The van der Waals surface area contributed by atoms with Crippen LogP contribution in [0.4, 0.5) is 5.69 Å². The molecule has 0 unspecified atom stereocenters. The number of H-pyrrole nitrogens is 1. The van der Waals surface area contributed by atoms with E-state index in [1.165, 1.54) is 0 Å². The molecule has 2 N–H and O–H groups in total. The number of ether oxygens (including phenoxy) is 2. The van der Waals surface area contributed by atoms with Crippen molar-refractivity contribution < 1.29 is 14.3 Å². The highest BCUT2D eigenvalue weighted by Gasteiger charge is 2.10. The second-order valence-electron chi connectivity index (χ2n) is 4.84. The first-order chi connectivity index (χ1) is 11.7.